The highest BCUT2D eigenvalue weighted by Crippen LogP contribution is 2.65. The predicted octanol–water partition coefficient (Wildman–Crippen LogP) is 3.61. The number of amides is 5. The Morgan fingerprint density at radius 2 is 1.58 bits per heavy atom. The molecule has 4 N–H and O–H groups in total. The lowest BCUT2D eigenvalue weighted by molar-refractivity contribution is -0.145. The van der Waals surface area contributed by atoms with E-state index in [1.165, 1.54) is 0 Å². The smallest absolute Gasteiger partial charge is 0.315 e. The lowest BCUT2D eigenvalue weighted by Crippen LogP contribution is -2.64. The van der Waals surface area contributed by atoms with Gasteiger partial charge in [-0.3, -0.25) is 19.2 Å². The van der Waals surface area contributed by atoms with Crippen molar-refractivity contribution in [3.05, 3.63) is 0 Å². The number of ketones is 1. The summed E-state index contributed by atoms with van der Waals surface area (Å²) in [5.74, 6) is -2.50. The van der Waals surface area contributed by atoms with Gasteiger partial charge in [0.2, 0.25) is 27.6 Å². The lowest BCUT2D eigenvalue weighted by atomic mass is 9.83. The minimum absolute atomic E-state index is 0.00356. The maximum Gasteiger partial charge on any atom is 0.315 e. The molecule has 5 aliphatic rings. The van der Waals surface area contributed by atoms with Crippen molar-refractivity contribution in [3.63, 3.8) is 0 Å². The van der Waals surface area contributed by atoms with Gasteiger partial charge in [0.1, 0.15) is 12.1 Å². The van der Waals surface area contributed by atoms with E-state index in [-0.39, 0.29) is 41.1 Å². The van der Waals surface area contributed by atoms with Crippen LogP contribution < -0.4 is 21.3 Å². The average Bonchev–Trinajstić information content (AvgIpc) is 4.00. The second-order valence-corrected chi connectivity index (χ2v) is 20.2. The Morgan fingerprint density at radius 1 is 0.942 bits per heavy atom. The third-order valence-corrected chi connectivity index (χ3v) is 14.4. The van der Waals surface area contributed by atoms with Crippen LogP contribution in [-0.4, -0.2) is 101 Å². The number of carbonyl (C=O) groups is 5. The van der Waals surface area contributed by atoms with E-state index < -0.39 is 68.6 Å². The van der Waals surface area contributed by atoms with Crippen LogP contribution in [0.2, 0.25) is 0 Å². The van der Waals surface area contributed by atoms with Crippen LogP contribution >= 0.6 is 0 Å². The molecule has 5 amide bonds. The van der Waals surface area contributed by atoms with Gasteiger partial charge in [-0.2, -0.15) is 4.31 Å². The highest BCUT2D eigenvalue weighted by Gasteiger charge is 2.70. The summed E-state index contributed by atoms with van der Waals surface area (Å²) in [6.07, 6.45) is 8.66. The third-order valence-electron chi connectivity index (χ3n) is 12.1. The van der Waals surface area contributed by atoms with E-state index in [4.69, 9.17) is 0 Å². The fourth-order valence-corrected chi connectivity index (χ4v) is 11.4. The molecule has 13 nitrogen and oxygen atoms in total. The summed E-state index contributed by atoms with van der Waals surface area (Å²) in [5.41, 5.74) is -1.93. The molecular formula is C38H64N6O7S. The second kappa shape index (κ2) is 15.2. The monoisotopic (exact) mass is 748 g/mol. The third kappa shape index (κ3) is 8.96. The molecular weight excluding hydrogens is 685 g/mol. The Hall–Kier alpha value is -2.74. The molecule has 0 aromatic carbocycles. The normalized spacial score (nSPS) is 26.3. The van der Waals surface area contributed by atoms with Crippen molar-refractivity contribution in [2.24, 2.45) is 22.7 Å². The SMILES string of the molecule is CCCC[C@H](NC(=O)[C@@H]1[C@@H]2[C@H](CN1C(=O)[C@@H](NC(=O)NC1(CS(=O)(=O)N(C(C)C)C3CC3)CCCCC1)C(C)(C)C)C2(C)C)C(=O)C(=O)NC1CC1. The van der Waals surface area contributed by atoms with E-state index >= 15 is 0 Å². The van der Waals surface area contributed by atoms with Crippen molar-refractivity contribution >= 4 is 39.6 Å². The molecule has 0 bridgehead atoms. The van der Waals surface area contributed by atoms with E-state index in [2.05, 4.69) is 35.1 Å². The van der Waals surface area contributed by atoms with E-state index in [0.717, 1.165) is 51.4 Å². The number of nitrogens with zero attached hydrogens (tertiary/aromatic N) is 2. The van der Waals surface area contributed by atoms with Gasteiger partial charge in [-0.15, -0.1) is 0 Å². The molecule has 0 spiro atoms. The second-order valence-electron chi connectivity index (χ2n) is 18.4. The minimum Gasteiger partial charge on any atom is -0.347 e. The van der Waals surface area contributed by atoms with Gasteiger partial charge in [0.05, 0.1) is 17.3 Å². The van der Waals surface area contributed by atoms with E-state index in [1.807, 2.05) is 41.5 Å². The molecule has 5 fully saturated rings. The first-order valence-corrected chi connectivity index (χ1v) is 21.4. The van der Waals surface area contributed by atoms with Crippen LogP contribution in [0.4, 0.5) is 4.79 Å². The first-order valence-electron chi connectivity index (χ1n) is 19.8. The number of piperidine rings is 1. The average molecular weight is 749 g/mol. The van der Waals surface area contributed by atoms with E-state index in [1.54, 1.807) is 9.21 Å². The Labute approximate surface area is 311 Å². The van der Waals surface area contributed by atoms with Crippen LogP contribution in [0, 0.1) is 22.7 Å². The number of rotatable bonds is 16. The van der Waals surface area contributed by atoms with Crippen molar-refractivity contribution < 1.29 is 32.4 Å². The van der Waals surface area contributed by atoms with Gasteiger partial charge in [0.25, 0.3) is 5.91 Å². The molecule has 5 rings (SSSR count). The number of likely N-dealkylation sites (tertiary alicyclic amines) is 1. The minimum atomic E-state index is -3.69. The van der Waals surface area contributed by atoms with Gasteiger partial charge in [-0.1, -0.05) is 73.6 Å². The summed E-state index contributed by atoms with van der Waals surface area (Å²) < 4.78 is 29.3. The van der Waals surface area contributed by atoms with E-state index in [9.17, 15) is 32.4 Å². The summed E-state index contributed by atoms with van der Waals surface area (Å²) in [6.45, 7) is 15.8. The maximum atomic E-state index is 14.6. The summed E-state index contributed by atoms with van der Waals surface area (Å²) in [5, 5.41) is 11.6. The number of urea groups is 1. The number of fused-ring (bicyclic) bond motifs is 1. The van der Waals surface area contributed by atoms with Gasteiger partial charge in [-0.05, 0) is 81.5 Å². The summed E-state index contributed by atoms with van der Waals surface area (Å²) in [4.78, 5) is 70.2. The first kappa shape index (κ1) is 40.4. The van der Waals surface area contributed by atoms with Gasteiger partial charge < -0.3 is 26.2 Å². The van der Waals surface area contributed by atoms with Crippen molar-refractivity contribution in [2.75, 3.05) is 12.3 Å². The molecule has 4 aliphatic carbocycles. The summed E-state index contributed by atoms with van der Waals surface area (Å²) in [7, 11) is -3.69. The van der Waals surface area contributed by atoms with Gasteiger partial charge in [-0.25, -0.2) is 13.2 Å². The van der Waals surface area contributed by atoms with E-state index in [0.29, 0.717) is 32.2 Å². The molecule has 0 unspecified atom stereocenters. The van der Waals surface area contributed by atoms with Crippen molar-refractivity contribution in [1.29, 1.82) is 0 Å². The van der Waals surface area contributed by atoms with Crippen LogP contribution in [0.1, 0.15) is 132 Å². The molecule has 294 valence electrons. The highest BCUT2D eigenvalue weighted by atomic mass is 32.2. The maximum absolute atomic E-state index is 14.6. The number of hydrogen-bond donors (Lipinski definition) is 4. The zero-order chi connectivity index (χ0) is 38.4. The first-order chi connectivity index (χ1) is 24.2. The number of sulfonamides is 1. The van der Waals surface area contributed by atoms with Gasteiger partial charge in [0.15, 0.2) is 0 Å². The lowest BCUT2D eigenvalue weighted by Gasteiger charge is -2.41. The fourth-order valence-electron chi connectivity index (χ4n) is 8.87. The fraction of sp³-hybridized carbons (Fsp3) is 0.868. The standard InChI is InChI=1S/C38H64N6O7S/c1-9-10-14-27(30(45)33(47)39-24-15-16-24)40-32(46)29-28-26(37(28,7)8)21-43(29)34(48)31(36(4,5)6)41-35(49)42-38(19-12-11-13-20-38)22-52(50,51)44(23(2)3)25-17-18-25/h23-29,31H,9-22H2,1-8H3,(H,39,47)(H,40,46)(H2,41,42,49)/t26-,27-,28-,29-,31+/m0/s1. The van der Waals surface area contributed by atoms with Crippen LogP contribution in [0.15, 0.2) is 0 Å². The largest absolute Gasteiger partial charge is 0.347 e. The van der Waals surface area contributed by atoms with Gasteiger partial charge in [0, 0.05) is 24.7 Å². The molecule has 52 heavy (non-hydrogen) atoms. The number of Topliss-reactive ketones (excluding diaryl/α,β-unsaturated/α-hetero) is 1. The molecule has 1 saturated heterocycles. The van der Waals surface area contributed by atoms with Crippen molar-refractivity contribution in [2.45, 2.75) is 174 Å². The summed E-state index contributed by atoms with van der Waals surface area (Å²) >= 11 is 0. The summed E-state index contributed by atoms with van der Waals surface area (Å²) in [6, 6.07) is -3.68. The number of nitrogens with one attached hydrogen (secondary N) is 4. The molecule has 0 aromatic heterocycles. The Balaban J connectivity index is 1.33. The molecule has 0 aromatic rings. The molecule has 0 radical (unpaired) electrons. The molecule has 1 aliphatic heterocycles. The van der Waals surface area contributed by atoms with Crippen LogP contribution in [0.3, 0.4) is 0 Å². The zero-order valence-electron chi connectivity index (χ0n) is 32.7. The Bertz CT molecular complexity index is 1490. The Kier molecular flexibility index (Phi) is 11.8. The van der Waals surface area contributed by atoms with Crippen molar-refractivity contribution in [3.8, 4) is 0 Å². The van der Waals surface area contributed by atoms with Crippen LogP contribution in [0.5, 0.6) is 0 Å². The highest BCUT2D eigenvalue weighted by molar-refractivity contribution is 7.89. The van der Waals surface area contributed by atoms with Crippen LogP contribution in [-0.2, 0) is 29.2 Å². The van der Waals surface area contributed by atoms with Gasteiger partial charge >= 0.3 is 6.03 Å². The molecule has 4 saturated carbocycles. The number of hydrogen-bond acceptors (Lipinski definition) is 7. The molecule has 5 atom stereocenters. The predicted molar refractivity (Wildman–Crippen MR) is 198 cm³/mol. The van der Waals surface area contributed by atoms with Crippen LogP contribution in [0.25, 0.3) is 0 Å². The van der Waals surface area contributed by atoms with Crippen molar-refractivity contribution in [1.82, 2.24) is 30.5 Å². The number of unbranched alkanes of at least 4 members (excludes halogenated alkanes) is 1. The topological polar surface area (TPSA) is 174 Å². The molecule has 1 heterocycles. The quantitative estimate of drug-likeness (QED) is 0.175. The Morgan fingerprint density at radius 3 is 2.12 bits per heavy atom. The molecule has 14 heteroatoms. The zero-order valence-corrected chi connectivity index (χ0v) is 33.5. The number of carbonyl (C=O) groups excluding carboxylic acids is 5.